The van der Waals surface area contributed by atoms with Crippen LogP contribution in [-0.2, 0) is 0 Å². The molecule has 0 aliphatic heterocycles. The molecule has 1 aromatic rings. The monoisotopic (exact) mass is 256 g/mol. The summed E-state index contributed by atoms with van der Waals surface area (Å²) in [5, 5.41) is 8.82. The molecular weight excluding hydrogens is 253 g/mol. The topological polar surface area (TPSA) is 29.5 Å². The van der Waals surface area contributed by atoms with Crippen LogP contribution in [0.5, 0.6) is 11.5 Å². The Labute approximate surface area is 80.1 Å². The minimum Gasteiger partial charge on any atom is -0.505 e. The molecule has 72 valence electrons. The zero-order chi connectivity index (χ0) is 10.0. The fraction of sp³-hybridized carbons (Fsp3) is 0.143. The van der Waals surface area contributed by atoms with Crippen molar-refractivity contribution in [3.8, 4) is 11.5 Å². The summed E-state index contributed by atoms with van der Waals surface area (Å²) in [5.41, 5.74) is 0. The van der Waals surface area contributed by atoms with Crippen LogP contribution >= 0.6 is 15.9 Å². The van der Waals surface area contributed by atoms with Crippen LogP contribution in [0.3, 0.4) is 0 Å². The molecule has 0 atom stereocenters. The number of benzene rings is 1. The van der Waals surface area contributed by atoms with Crippen molar-refractivity contribution in [2.45, 2.75) is 6.61 Å². The third kappa shape index (κ3) is 2.27. The number of halogens is 4. The summed E-state index contributed by atoms with van der Waals surface area (Å²) in [7, 11) is 0. The van der Waals surface area contributed by atoms with E-state index in [1.807, 2.05) is 0 Å². The van der Waals surface area contributed by atoms with Crippen molar-refractivity contribution < 1.29 is 23.0 Å². The molecule has 0 saturated heterocycles. The van der Waals surface area contributed by atoms with Gasteiger partial charge in [-0.1, -0.05) is 0 Å². The number of hydrogen-bond acceptors (Lipinski definition) is 2. The van der Waals surface area contributed by atoms with Gasteiger partial charge in [-0.2, -0.15) is 13.2 Å². The minimum absolute atomic E-state index is 0.0168. The predicted octanol–water partition coefficient (Wildman–Crippen LogP) is 2.90. The van der Waals surface area contributed by atoms with Gasteiger partial charge in [-0.3, -0.25) is 0 Å². The molecule has 0 aromatic heterocycles. The van der Waals surface area contributed by atoms with Crippen LogP contribution in [0.25, 0.3) is 0 Å². The molecule has 2 nitrogen and oxygen atoms in total. The van der Waals surface area contributed by atoms with Crippen molar-refractivity contribution in [1.29, 1.82) is 0 Å². The summed E-state index contributed by atoms with van der Waals surface area (Å²) in [6, 6.07) is 2.23. The average molecular weight is 257 g/mol. The molecule has 1 N–H and O–H groups in total. The minimum atomic E-state index is -3.13. The van der Waals surface area contributed by atoms with Crippen molar-refractivity contribution in [2.75, 3.05) is 0 Å². The van der Waals surface area contributed by atoms with Crippen LogP contribution < -0.4 is 4.74 Å². The molecule has 0 radical (unpaired) electrons. The summed E-state index contributed by atoms with van der Waals surface area (Å²) in [6.45, 7) is -3.13. The first kappa shape index (κ1) is 10.2. The van der Waals surface area contributed by atoms with Gasteiger partial charge in [0.15, 0.2) is 11.5 Å². The summed E-state index contributed by atoms with van der Waals surface area (Å²) in [6.07, 6.45) is 0. The molecule has 0 aliphatic rings. The molecule has 13 heavy (non-hydrogen) atoms. The van der Waals surface area contributed by atoms with E-state index in [1.165, 1.54) is 6.07 Å². The Bertz CT molecular complexity index is 317. The predicted molar refractivity (Wildman–Crippen MR) is 42.4 cm³/mol. The Morgan fingerprint density at radius 1 is 1.38 bits per heavy atom. The number of phenolic OH excluding ortho intramolecular Hbond substituents is 1. The molecule has 0 amide bonds. The highest BCUT2D eigenvalue weighted by Crippen LogP contribution is 2.34. The molecule has 1 rings (SSSR count). The fourth-order valence-electron chi connectivity index (χ4n) is 0.719. The van der Waals surface area contributed by atoms with Crippen molar-refractivity contribution in [2.24, 2.45) is 0 Å². The van der Waals surface area contributed by atoms with Gasteiger partial charge in [0.25, 0.3) is 0 Å². The summed E-state index contributed by atoms with van der Waals surface area (Å²) in [5.74, 6) is -2.65. The van der Waals surface area contributed by atoms with E-state index >= 15 is 0 Å². The Kier molecular flexibility index (Phi) is 3.02. The van der Waals surface area contributed by atoms with Crippen LogP contribution in [0.2, 0.25) is 0 Å². The Hall–Kier alpha value is -0.910. The fourth-order valence-corrected chi connectivity index (χ4v) is 1.12. The van der Waals surface area contributed by atoms with Gasteiger partial charge in [0.2, 0.25) is 5.82 Å². The van der Waals surface area contributed by atoms with Crippen LogP contribution in [0.15, 0.2) is 16.6 Å². The smallest absolute Gasteiger partial charge is 0.387 e. The van der Waals surface area contributed by atoms with Crippen LogP contribution in [0, 0.1) is 5.82 Å². The van der Waals surface area contributed by atoms with Crippen molar-refractivity contribution >= 4 is 15.9 Å². The van der Waals surface area contributed by atoms with E-state index in [2.05, 4.69) is 20.7 Å². The zero-order valence-electron chi connectivity index (χ0n) is 6.10. The van der Waals surface area contributed by atoms with E-state index < -0.39 is 23.9 Å². The summed E-state index contributed by atoms with van der Waals surface area (Å²) in [4.78, 5) is 0. The van der Waals surface area contributed by atoms with Crippen LogP contribution in [-0.4, -0.2) is 11.7 Å². The van der Waals surface area contributed by atoms with E-state index in [9.17, 15) is 13.2 Å². The Balaban J connectivity index is 3.10. The first-order valence-electron chi connectivity index (χ1n) is 3.14. The Morgan fingerprint density at radius 2 is 2.00 bits per heavy atom. The number of ether oxygens (including phenoxy) is 1. The second-order valence-electron chi connectivity index (χ2n) is 2.09. The van der Waals surface area contributed by atoms with Crippen molar-refractivity contribution in [3.63, 3.8) is 0 Å². The third-order valence-electron chi connectivity index (χ3n) is 1.24. The van der Waals surface area contributed by atoms with E-state index in [-0.39, 0.29) is 4.47 Å². The lowest BCUT2D eigenvalue weighted by Crippen LogP contribution is -2.04. The number of phenols is 1. The second kappa shape index (κ2) is 3.87. The van der Waals surface area contributed by atoms with Crippen molar-refractivity contribution in [3.05, 3.63) is 22.4 Å². The van der Waals surface area contributed by atoms with Gasteiger partial charge in [0, 0.05) is 0 Å². The van der Waals surface area contributed by atoms with Gasteiger partial charge in [-0.15, -0.1) is 0 Å². The number of aromatic hydroxyl groups is 1. The van der Waals surface area contributed by atoms with Gasteiger partial charge in [0.1, 0.15) is 0 Å². The molecule has 0 spiro atoms. The molecule has 0 unspecified atom stereocenters. The molecular formula is C7H4BrF3O2. The maximum atomic E-state index is 12.9. The van der Waals surface area contributed by atoms with Crippen molar-refractivity contribution in [1.82, 2.24) is 0 Å². The zero-order valence-corrected chi connectivity index (χ0v) is 7.69. The van der Waals surface area contributed by atoms with Crippen LogP contribution in [0.4, 0.5) is 13.2 Å². The lowest BCUT2D eigenvalue weighted by Gasteiger charge is -2.08. The third-order valence-corrected chi connectivity index (χ3v) is 1.86. The number of alkyl halides is 2. The largest absolute Gasteiger partial charge is 0.505 e. The Morgan fingerprint density at radius 3 is 2.54 bits per heavy atom. The highest BCUT2D eigenvalue weighted by atomic mass is 79.9. The first-order chi connectivity index (χ1) is 6.02. The summed E-state index contributed by atoms with van der Waals surface area (Å²) >= 11 is 2.80. The molecule has 0 saturated carbocycles. The SMILES string of the molecule is Oc1ccc(Br)c(OC(F)F)c1F. The van der Waals surface area contributed by atoms with Gasteiger partial charge in [0.05, 0.1) is 4.47 Å². The van der Waals surface area contributed by atoms with Crippen LogP contribution in [0.1, 0.15) is 0 Å². The van der Waals surface area contributed by atoms with E-state index in [0.717, 1.165) is 6.07 Å². The quantitative estimate of drug-likeness (QED) is 0.882. The molecule has 6 heteroatoms. The maximum absolute atomic E-state index is 12.9. The molecule has 0 heterocycles. The molecule has 0 bridgehead atoms. The van der Waals surface area contributed by atoms with E-state index in [0.29, 0.717) is 0 Å². The average Bonchev–Trinajstić information content (AvgIpc) is 2.05. The molecule has 1 aromatic carbocycles. The van der Waals surface area contributed by atoms with E-state index in [1.54, 1.807) is 0 Å². The highest BCUT2D eigenvalue weighted by molar-refractivity contribution is 9.10. The normalized spacial score (nSPS) is 10.5. The number of rotatable bonds is 2. The highest BCUT2D eigenvalue weighted by Gasteiger charge is 2.16. The molecule has 0 fully saturated rings. The summed E-state index contributed by atoms with van der Waals surface area (Å²) < 4.78 is 40.2. The maximum Gasteiger partial charge on any atom is 0.387 e. The second-order valence-corrected chi connectivity index (χ2v) is 2.94. The van der Waals surface area contributed by atoms with Gasteiger partial charge in [-0.05, 0) is 28.1 Å². The standard InChI is InChI=1S/C7H4BrF3O2/c8-3-1-2-4(12)5(9)6(3)13-7(10)11/h1-2,7,12H. The number of hydrogen-bond donors (Lipinski definition) is 1. The lowest BCUT2D eigenvalue weighted by atomic mass is 10.3. The van der Waals surface area contributed by atoms with Gasteiger partial charge >= 0.3 is 6.61 Å². The lowest BCUT2D eigenvalue weighted by molar-refractivity contribution is -0.0529. The first-order valence-corrected chi connectivity index (χ1v) is 3.93. The van der Waals surface area contributed by atoms with Gasteiger partial charge in [-0.25, -0.2) is 0 Å². The van der Waals surface area contributed by atoms with E-state index in [4.69, 9.17) is 5.11 Å². The molecule has 0 aliphatic carbocycles. The van der Waals surface area contributed by atoms with Gasteiger partial charge < -0.3 is 9.84 Å².